The Kier molecular flexibility index (Phi) is 5.62. The molecule has 0 bridgehead atoms. The van der Waals surface area contributed by atoms with Crippen LogP contribution in [-0.2, 0) is 0 Å². The summed E-state index contributed by atoms with van der Waals surface area (Å²) in [6.07, 6.45) is 0. The highest BCUT2D eigenvalue weighted by molar-refractivity contribution is 7.26. The first kappa shape index (κ1) is 24.6. The van der Waals surface area contributed by atoms with Crippen LogP contribution in [0.2, 0.25) is 0 Å². The Balaban J connectivity index is 1.31. The third-order valence-electron chi connectivity index (χ3n) is 8.46. The molecular formula is C40H25NS2. The maximum atomic E-state index is 2.44. The molecule has 0 saturated carbocycles. The molecule has 0 fully saturated rings. The lowest BCUT2D eigenvalue weighted by atomic mass is 10.0. The molecule has 2 heterocycles. The summed E-state index contributed by atoms with van der Waals surface area (Å²) in [5.41, 5.74) is 5.95. The van der Waals surface area contributed by atoms with Crippen LogP contribution in [0, 0.1) is 0 Å². The molecule has 0 atom stereocenters. The molecule has 0 aliphatic heterocycles. The summed E-state index contributed by atoms with van der Waals surface area (Å²) >= 11 is 3.75. The number of rotatable bonds is 4. The summed E-state index contributed by atoms with van der Waals surface area (Å²) < 4.78 is 5.28. The minimum Gasteiger partial charge on any atom is -0.309 e. The van der Waals surface area contributed by atoms with E-state index in [1.54, 1.807) is 0 Å². The molecule has 1 nitrogen and oxygen atoms in total. The Morgan fingerprint density at radius 1 is 0.395 bits per heavy atom. The zero-order valence-electron chi connectivity index (χ0n) is 23.2. The first-order valence-electron chi connectivity index (χ1n) is 14.5. The predicted molar refractivity (Wildman–Crippen MR) is 190 cm³/mol. The summed E-state index contributed by atoms with van der Waals surface area (Å²) in [6.45, 7) is 0. The minimum absolute atomic E-state index is 1.14. The minimum atomic E-state index is 1.14. The summed E-state index contributed by atoms with van der Waals surface area (Å²) in [7, 11) is 0. The van der Waals surface area contributed by atoms with Crippen LogP contribution >= 0.6 is 22.7 Å². The number of anilines is 3. The van der Waals surface area contributed by atoms with Crippen LogP contribution in [0.1, 0.15) is 0 Å². The molecule has 3 heteroatoms. The lowest BCUT2D eigenvalue weighted by molar-refractivity contribution is 1.31. The van der Waals surface area contributed by atoms with Crippen molar-refractivity contribution in [2.45, 2.75) is 0 Å². The van der Waals surface area contributed by atoms with Crippen LogP contribution < -0.4 is 4.90 Å². The third kappa shape index (κ3) is 3.97. The fourth-order valence-electron chi connectivity index (χ4n) is 6.44. The van der Waals surface area contributed by atoms with Crippen molar-refractivity contribution in [2.24, 2.45) is 0 Å². The van der Waals surface area contributed by atoms with E-state index in [1.165, 1.54) is 67.9 Å². The highest BCUT2D eigenvalue weighted by atomic mass is 32.1. The molecule has 0 spiro atoms. The van der Waals surface area contributed by atoms with Crippen LogP contribution in [0.5, 0.6) is 0 Å². The number of benzene rings is 7. The van der Waals surface area contributed by atoms with Gasteiger partial charge >= 0.3 is 0 Å². The predicted octanol–water partition coefficient (Wildman–Crippen LogP) is 12.7. The van der Waals surface area contributed by atoms with Crippen molar-refractivity contribution in [3.8, 4) is 11.1 Å². The van der Waals surface area contributed by atoms with Gasteiger partial charge in [-0.3, -0.25) is 0 Å². The second-order valence-electron chi connectivity index (χ2n) is 10.9. The number of thiophene rings is 2. The monoisotopic (exact) mass is 583 g/mol. The Morgan fingerprint density at radius 2 is 1.05 bits per heavy atom. The molecule has 0 aliphatic rings. The van der Waals surface area contributed by atoms with Crippen LogP contribution in [0.4, 0.5) is 17.1 Å². The highest BCUT2D eigenvalue weighted by Gasteiger charge is 2.19. The van der Waals surface area contributed by atoms with Crippen molar-refractivity contribution in [2.75, 3.05) is 4.90 Å². The molecule has 0 aliphatic carbocycles. The van der Waals surface area contributed by atoms with E-state index in [0.29, 0.717) is 0 Å². The molecule has 7 aromatic carbocycles. The van der Waals surface area contributed by atoms with E-state index < -0.39 is 0 Å². The van der Waals surface area contributed by atoms with Gasteiger partial charge in [0.25, 0.3) is 0 Å². The maximum absolute atomic E-state index is 2.44. The Labute approximate surface area is 257 Å². The molecule has 202 valence electrons. The van der Waals surface area contributed by atoms with Gasteiger partial charge in [-0.25, -0.2) is 0 Å². The summed E-state index contributed by atoms with van der Waals surface area (Å²) in [5, 5.41) is 7.85. The molecule has 0 amide bonds. The van der Waals surface area contributed by atoms with E-state index in [9.17, 15) is 0 Å². The largest absolute Gasteiger partial charge is 0.309 e. The van der Waals surface area contributed by atoms with Crippen molar-refractivity contribution >= 4 is 90.9 Å². The fourth-order valence-corrected chi connectivity index (χ4v) is 8.77. The first-order valence-corrected chi connectivity index (χ1v) is 16.1. The summed E-state index contributed by atoms with van der Waals surface area (Å²) in [6, 6.07) is 55.4. The van der Waals surface area contributed by atoms with Crippen molar-refractivity contribution in [3.05, 3.63) is 152 Å². The van der Waals surface area contributed by atoms with Crippen molar-refractivity contribution in [1.29, 1.82) is 0 Å². The summed E-state index contributed by atoms with van der Waals surface area (Å²) in [4.78, 5) is 2.44. The van der Waals surface area contributed by atoms with Gasteiger partial charge in [0.2, 0.25) is 0 Å². The van der Waals surface area contributed by atoms with E-state index in [2.05, 4.69) is 157 Å². The van der Waals surface area contributed by atoms with Crippen molar-refractivity contribution in [3.63, 3.8) is 0 Å². The molecule has 0 N–H and O–H groups in total. The number of hydrogen-bond acceptors (Lipinski definition) is 3. The molecular weight excluding hydrogens is 559 g/mol. The van der Waals surface area contributed by atoms with Crippen LogP contribution in [0.15, 0.2) is 152 Å². The molecule has 2 aromatic heterocycles. The average molecular weight is 584 g/mol. The molecule has 0 saturated heterocycles. The SMILES string of the molecule is c1ccc(-c2ccc(N(c3ccc4ccc5sc6ccccc6c5c4c3)c3cccc4c3sc3ccccc34)cc2)cc1. The Morgan fingerprint density at radius 3 is 1.88 bits per heavy atom. The molecule has 9 rings (SSSR count). The zero-order valence-corrected chi connectivity index (χ0v) is 24.8. The van der Waals surface area contributed by atoms with Crippen LogP contribution in [0.3, 0.4) is 0 Å². The Hall–Kier alpha value is -4.96. The third-order valence-corrected chi connectivity index (χ3v) is 10.8. The molecule has 9 aromatic rings. The van der Waals surface area contributed by atoms with E-state index in [4.69, 9.17) is 0 Å². The van der Waals surface area contributed by atoms with Gasteiger partial charge in [-0.2, -0.15) is 0 Å². The zero-order chi connectivity index (χ0) is 28.3. The second-order valence-corrected chi connectivity index (χ2v) is 13.1. The number of fused-ring (bicyclic) bond motifs is 8. The normalized spacial score (nSPS) is 11.7. The van der Waals surface area contributed by atoms with E-state index in [1.807, 2.05) is 22.7 Å². The first-order chi connectivity index (χ1) is 21.3. The Bertz CT molecular complexity index is 2450. The molecule has 0 radical (unpaired) electrons. The van der Waals surface area contributed by atoms with E-state index in [-0.39, 0.29) is 0 Å². The summed E-state index contributed by atoms with van der Waals surface area (Å²) in [5.74, 6) is 0. The van der Waals surface area contributed by atoms with Gasteiger partial charge in [-0.05, 0) is 70.4 Å². The van der Waals surface area contributed by atoms with E-state index in [0.717, 1.165) is 11.4 Å². The van der Waals surface area contributed by atoms with Gasteiger partial charge in [-0.1, -0.05) is 103 Å². The smallest absolute Gasteiger partial charge is 0.0640 e. The maximum Gasteiger partial charge on any atom is 0.0640 e. The second kappa shape index (κ2) is 9.81. The van der Waals surface area contributed by atoms with Crippen LogP contribution in [-0.4, -0.2) is 0 Å². The van der Waals surface area contributed by atoms with Gasteiger partial charge in [0, 0.05) is 47.0 Å². The van der Waals surface area contributed by atoms with Gasteiger partial charge in [0.05, 0.1) is 10.4 Å². The number of hydrogen-bond donors (Lipinski definition) is 0. The highest BCUT2D eigenvalue weighted by Crippen LogP contribution is 2.46. The molecule has 43 heavy (non-hydrogen) atoms. The lowest BCUT2D eigenvalue weighted by Crippen LogP contribution is -2.10. The van der Waals surface area contributed by atoms with Crippen LogP contribution in [0.25, 0.3) is 62.2 Å². The van der Waals surface area contributed by atoms with Gasteiger partial charge < -0.3 is 4.90 Å². The van der Waals surface area contributed by atoms with Crippen molar-refractivity contribution < 1.29 is 0 Å². The number of nitrogens with zero attached hydrogens (tertiary/aromatic N) is 1. The van der Waals surface area contributed by atoms with Gasteiger partial charge in [0.15, 0.2) is 0 Å². The topological polar surface area (TPSA) is 3.24 Å². The quantitative estimate of drug-likeness (QED) is 0.199. The van der Waals surface area contributed by atoms with E-state index >= 15 is 0 Å². The molecule has 0 unspecified atom stereocenters. The van der Waals surface area contributed by atoms with Crippen molar-refractivity contribution in [1.82, 2.24) is 0 Å². The lowest BCUT2D eigenvalue weighted by Gasteiger charge is -2.27. The average Bonchev–Trinajstić information content (AvgIpc) is 3.65. The fraction of sp³-hybridized carbons (Fsp3) is 0. The van der Waals surface area contributed by atoms with Gasteiger partial charge in [-0.15, -0.1) is 22.7 Å². The standard InChI is InChI=1S/C40H25NS2/c1-2-9-26(10-3-1)27-17-21-29(22-18-27)41(35-14-8-13-32-31-11-4-6-15-36(31)43-40(32)35)30-23-19-28-20-24-38-39(34(28)25-30)33-12-5-7-16-37(33)42-38/h1-25H. The van der Waals surface area contributed by atoms with Gasteiger partial charge in [0.1, 0.15) is 0 Å².